The largest absolute Gasteiger partial charge is 0.379 e. The Kier molecular flexibility index (Phi) is 5.18. The molecule has 0 radical (unpaired) electrons. The minimum absolute atomic E-state index is 0.180. The van der Waals surface area contributed by atoms with Crippen LogP contribution in [0, 0.1) is 0 Å². The number of hydrogen-bond acceptors (Lipinski definition) is 8. The fourth-order valence-electron chi connectivity index (χ4n) is 4.75. The zero-order valence-electron chi connectivity index (χ0n) is 17.8. The van der Waals surface area contributed by atoms with Crippen LogP contribution in [0.3, 0.4) is 0 Å². The van der Waals surface area contributed by atoms with Gasteiger partial charge in [-0.15, -0.1) is 5.10 Å². The van der Waals surface area contributed by atoms with Crippen molar-refractivity contribution in [2.24, 2.45) is 0 Å². The number of hydrogen-bond donors (Lipinski definition) is 1. The minimum Gasteiger partial charge on any atom is -0.379 e. The van der Waals surface area contributed by atoms with Crippen molar-refractivity contribution in [2.45, 2.75) is 37.8 Å². The lowest BCUT2D eigenvalue weighted by Gasteiger charge is -2.38. The number of aromatic nitrogens is 6. The summed E-state index contributed by atoms with van der Waals surface area (Å²) in [5, 5.41) is 4.55. The van der Waals surface area contributed by atoms with Crippen LogP contribution < -0.4 is 5.48 Å². The SMILES string of the molecule is c1cn2cc(-c3ccn4nc(NO[C@H]5CC[C@@H](N6CCOCC6)CC5)ncc34)cnc2n1. The van der Waals surface area contributed by atoms with Gasteiger partial charge in [-0.25, -0.2) is 24.9 Å². The van der Waals surface area contributed by atoms with Crippen LogP contribution in [0.4, 0.5) is 5.95 Å². The van der Waals surface area contributed by atoms with Crippen molar-refractivity contribution in [2.75, 3.05) is 31.8 Å². The summed E-state index contributed by atoms with van der Waals surface area (Å²) in [7, 11) is 0. The summed E-state index contributed by atoms with van der Waals surface area (Å²) >= 11 is 0. The van der Waals surface area contributed by atoms with E-state index in [2.05, 4.69) is 30.4 Å². The molecule has 1 saturated carbocycles. The number of anilines is 1. The highest BCUT2D eigenvalue weighted by atomic mass is 16.7. The van der Waals surface area contributed by atoms with Crippen molar-refractivity contribution in [1.82, 2.24) is 33.9 Å². The molecule has 4 aromatic rings. The Morgan fingerprint density at radius 3 is 2.75 bits per heavy atom. The molecule has 0 bridgehead atoms. The van der Waals surface area contributed by atoms with Gasteiger partial charge in [-0.2, -0.15) is 0 Å². The van der Waals surface area contributed by atoms with Crippen LogP contribution >= 0.6 is 0 Å². The maximum atomic E-state index is 5.93. The number of ether oxygens (including phenoxy) is 1. The van der Waals surface area contributed by atoms with Gasteiger partial charge in [0.15, 0.2) is 0 Å². The lowest BCUT2D eigenvalue weighted by molar-refractivity contribution is -0.0116. The summed E-state index contributed by atoms with van der Waals surface area (Å²) in [5.41, 5.74) is 5.87. The van der Waals surface area contributed by atoms with E-state index < -0.39 is 0 Å². The normalized spacial score (nSPS) is 22.5. The van der Waals surface area contributed by atoms with Gasteiger partial charge in [-0.1, -0.05) is 0 Å². The molecule has 1 aliphatic carbocycles. The first kappa shape index (κ1) is 19.6. The highest BCUT2D eigenvalue weighted by Crippen LogP contribution is 2.27. The van der Waals surface area contributed by atoms with Gasteiger partial charge >= 0.3 is 0 Å². The molecule has 32 heavy (non-hydrogen) atoms. The highest BCUT2D eigenvalue weighted by Gasteiger charge is 2.27. The van der Waals surface area contributed by atoms with E-state index in [1.54, 1.807) is 6.20 Å². The van der Waals surface area contributed by atoms with E-state index in [4.69, 9.17) is 9.57 Å². The molecule has 0 amide bonds. The van der Waals surface area contributed by atoms with E-state index in [1.807, 2.05) is 46.0 Å². The molecule has 10 heteroatoms. The molecule has 0 spiro atoms. The summed E-state index contributed by atoms with van der Waals surface area (Å²) in [6, 6.07) is 2.67. The van der Waals surface area contributed by atoms with Crippen LogP contribution in [-0.4, -0.2) is 72.3 Å². The first-order valence-electron chi connectivity index (χ1n) is 11.2. The Labute approximate surface area is 185 Å². The third kappa shape index (κ3) is 3.81. The van der Waals surface area contributed by atoms with Crippen LogP contribution in [0.5, 0.6) is 0 Å². The summed E-state index contributed by atoms with van der Waals surface area (Å²) in [6.45, 7) is 3.81. The van der Waals surface area contributed by atoms with Crippen molar-refractivity contribution in [3.8, 4) is 11.1 Å². The molecule has 1 saturated heterocycles. The van der Waals surface area contributed by atoms with Crippen LogP contribution in [0.1, 0.15) is 25.7 Å². The van der Waals surface area contributed by atoms with Gasteiger partial charge in [0.1, 0.15) is 0 Å². The molecule has 2 aliphatic rings. The van der Waals surface area contributed by atoms with Gasteiger partial charge in [-0.05, 0) is 31.7 Å². The molecule has 10 nitrogen and oxygen atoms in total. The Hall–Kier alpha value is -3.08. The monoisotopic (exact) mass is 434 g/mol. The van der Waals surface area contributed by atoms with Crippen LogP contribution in [0.15, 0.2) is 43.2 Å². The second-order valence-corrected chi connectivity index (χ2v) is 8.42. The van der Waals surface area contributed by atoms with Crippen molar-refractivity contribution >= 4 is 17.2 Å². The predicted molar refractivity (Wildman–Crippen MR) is 118 cm³/mol. The Morgan fingerprint density at radius 1 is 1.00 bits per heavy atom. The molecular formula is C22H26N8O2. The van der Waals surface area contributed by atoms with E-state index >= 15 is 0 Å². The summed E-state index contributed by atoms with van der Waals surface area (Å²) in [6.07, 6.45) is 15.7. The number of rotatable bonds is 5. The predicted octanol–water partition coefficient (Wildman–Crippen LogP) is 2.43. The van der Waals surface area contributed by atoms with Gasteiger partial charge < -0.3 is 4.74 Å². The molecule has 1 aliphatic heterocycles. The Morgan fingerprint density at radius 2 is 1.88 bits per heavy atom. The average molecular weight is 435 g/mol. The first-order chi connectivity index (χ1) is 15.8. The number of imidazole rings is 1. The molecule has 166 valence electrons. The maximum Gasteiger partial charge on any atom is 0.264 e. The van der Waals surface area contributed by atoms with Crippen LogP contribution in [-0.2, 0) is 9.57 Å². The average Bonchev–Trinajstić information content (AvgIpc) is 3.50. The summed E-state index contributed by atoms with van der Waals surface area (Å²) in [4.78, 5) is 21.5. The van der Waals surface area contributed by atoms with Crippen molar-refractivity contribution in [3.05, 3.63) is 43.2 Å². The summed E-state index contributed by atoms with van der Waals surface area (Å²) < 4.78 is 9.18. The van der Waals surface area contributed by atoms with E-state index in [1.165, 1.54) is 0 Å². The molecule has 0 unspecified atom stereocenters. The van der Waals surface area contributed by atoms with Crippen LogP contribution in [0.2, 0.25) is 0 Å². The maximum absolute atomic E-state index is 5.93. The lowest BCUT2D eigenvalue weighted by atomic mass is 9.92. The number of fused-ring (bicyclic) bond motifs is 2. The molecular weight excluding hydrogens is 408 g/mol. The standard InChI is InChI=1S/C22H26N8O2/c1-3-18(4-2-17(1)28-9-11-31-12-10-28)32-27-21-24-14-20-19(5-7-30(20)26-21)16-13-25-22-23-6-8-29(22)15-16/h5-8,13-15,17-18H,1-4,9-12H2,(H,26,27)/t17-,18+. The zero-order chi connectivity index (χ0) is 21.3. The molecule has 6 rings (SSSR count). The molecule has 2 fully saturated rings. The zero-order valence-corrected chi connectivity index (χ0v) is 17.8. The highest BCUT2D eigenvalue weighted by molar-refractivity contribution is 5.79. The number of nitrogens with zero attached hydrogens (tertiary/aromatic N) is 7. The fraction of sp³-hybridized carbons (Fsp3) is 0.455. The number of morpholine rings is 1. The van der Waals surface area contributed by atoms with E-state index in [0.29, 0.717) is 17.8 Å². The molecule has 5 heterocycles. The van der Waals surface area contributed by atoms with Gasteiger partial charge in [0.25, 0.3) is 5.95 Å². The smallest absolute Gasteiger partial charge is 0.264 e. The minimum atomic E-state index is 0.180. The summed E-state index contributed by atoms with van der Waals surface area (Å²) in [5.74, 6) is 1.13. The van der Waals surface area contributed by atoms with Gasteiger partial charge in [0.2, 0.25) is 5.78 Å². The molecule has 0 aromatic carbocycles. The van der Waals surface area contributed by atoms with Crippen molar-refractivity contribution in [3.63, 3.8) is 0 Å². The molecule has 1 N–H and O–H groups in total. The topological polar surface area (TPSA) is 94.1 Å². The second kappa shape index (κ2) is 8.45. The number of nitrogens with one attached hydrogen (secondary N) is 1. The van der Waals surface area contributed by atoms with E-state index in [0.717, 1.165) is 68.6 Å². The molecule has 0 atom stereocenters. The van der Waals surface area contributed by atoms with Crippen molar-refractivity contribution < 1.29 is 9.57 Å². The van der Waals surface area contributed by atoms with E-state index in [9.17, 15) is 0 Å². The molecule has 4 aromatic heterocycles. The first-order valence-corrected chi connectivity index (χ1v) is 11.2. The van der Waals surface area contributed by atoms with Crippen LogP contribution in [0.25, 0.3) is 22.4 Å². The van der Waals surface area contributed by atoms with Gasteiger partial charge in [-0.3, -0.25) is 14.1 Å². The lowest BCUT2D eigenvalue weighted by Crippen LogP contribution is -2.45. The third-order valence-corrected chi connectivity index (χ3v) is 6.50. The fourth-order valence-corrected chi connectivity index (χ4v) is 4.75. The Bertz CT molecular complexity index is 1210. The Balaban J connectivity index is 1.09. The quantitative estimate of drug-likeness (QED) is 0.479. The van der Waals surface area contributed by atoms with Gasteiger partial charge in [0, 0.05) is 61.2 Å². The van der Waals surface area contributed by atoms with E-state index in [-0.39, 0.29) is 6.10 Å². The van der Waals surface area contributed by atoms with Gasteiger partial charge in [0.05, 0.1) is 31.0 Å². The second-order valence-electron chi connectivity index (χ2n) is 8.42. The van der Waals surface area contributed by atoms with Crippen molar-refractivity contribution in [1.29, 1.82) is 0 Å². The third-order valence-electron chi connectivity index (χ3n) is 6.50.